The molecule has 4 nitrogen and oxygen atoms in total. The van der Waals surface area contributed by atoms with Crippen LogP contribution in [-0.4, -0.2) is 66.4 Å². The van der Waals surface area contributed by atoms with Gasteiger partial charge in [0, 0.05) is 31.1 Å². The van der Waals surface area contributed by atoms with E-state index >= 15 is 0 Å². The van der Waals surface area contributed by atoms with E-state index in [0.29, 0.717) is 6.42 Å². The van der Waals surface area contributed by atoms with Gasteiger partial charge in [-0.3, -0.25) is 4.90 Å². The molecule has 4 aliphatic rings. The molecule has 0 amide bonds. The van der Waals surface area contributed by atoms with Gasteiger partial charge in [-0.05, 0) is 98.8 Å². The standard InChI is InChI=1S/C29H37FN2O2/c1-34-24-9-8-23-18-27-29(33)13-16-31(14-10-22-4-2-3-5-26(22)30)15-11-28(29,25(23)19-24)12-17-32(27)20-21-6-7-21/h2-5,8-9,19,21,27,33H,6-7,10-18,20H2,1H3. The van der Waals surface area contributed by atoms with Gasteiger partial charge in [0.1, 0.15) is 11.6 Å². The van der Waals surface area contributed by atoms with Crippen LogP contribution in [0, 0.1) is 11.7 Å². The molecule has 2 aliphatic heterocycles. The van der Waals surface area contributed by atoms with Crippen LogP contribution < -0.4 is 4.74 Å². The zero-order valence-electron chi connectivity index (χ0n) is 20.3. The Morgan fingerprint density at radius 1 is 1.06 bits per heavy atom. The van der Waals surface area contributed by atoms with Crippen LogP contribution in [0.15, 0.2) is 42.5 Å². The first-order valence-corrected chi connectivity index (χ1v) is 13.1. The van der Waals surface area contributed by atoms with Crippen molar-refractivity contribution in [3.05, 3.63) is 65.0 Å². The summed E-state index contributed by atoms with van der Waals surface area (Å²) in [4.78, 5) is 5.08. The molecule has 182 valence electrons. The molecule has 0 spiro atoms. The molecule has 34 heavy (non-hydrogen) atoms. The van der Waals surface area contributed by atoms with Crippen LogP contribution in [0.2, 0.25) is 0 Å². The minimum absolute atomic E-state index is 0.115. The highest BCUT2D eigenvalue weighted by Crippen LogP contribution is 2.56. The van der Waals surface area contributed by atoms with Gasteiger partial charge in [-0.2, -0.15) is 0 Å². The number of hydrogen-bond donors (Lipinski definition) is 1. The summed E-state index contributed by atoms with van der Waals surface area (Å²) in [5, 5.41) is 12.6. The van der Waals surface area contributed by atoms with Gasteiger partial charge in [-0.15, -0.1) is 0 Å². The normalized spacial score (nSPS) is 31.4. The molecule has 1 N–H and O–H groups in total. The lowest BCUT2D eigenvalue weighted by Crippen LogP contribution is -2.71. The summed E-state index contributed by atoms with van der Waals surface area (Å²) in [6.45, 7) is 4.82. The van der Waals surface area contributed by atoms with E-state index in [1.807, 2.05) is 12.1 Å². The summed E-state index contributed by atoms with van der Waals surface area (Å²) >= 11 is 0. The molecule has 2 aliphatic carbocycles. The summed E-state index contributed by atoms with van der Waals surface area (Å²) in [5.74, 6) is 1.59. The minimum atomic E-state index is -0.744. The number of piperidine rings is 1. The predicted octanol–water partition coefficient (Wildman–Crippen LogP) is 4.18. The molecule has 3 atom stereocenters. The number of rotatable bonds is 6. The maximum absolute atomic E-state index is 14.2. The van der Waals surface area contributed by atoms with Gasteiger partial charge in [-0.1, -0.05) is 24.3 Å². The average molecular weight is 465 g/mol. The third-order valence-electron chi connectivity index (χ3n) is 9.40. The van der Waals surface area contributed by atoms with Crippen molar-refractivity contribution >= 4 is 0 Å². The van der Waals surface area contributed by atoms with Crippen molar-refractivity contribution in [2.24, 2.45) is 5.92 Å². The molecule has 0 aromatic heterocycles. The number of methoxy groups -OCH3 is 1. The van der Waals surface area contributed by atoms with E-state index in [-0.39, 0.29) is 17.3 Å². The maximum Gasteiger partial charge on any atom is 0.126 e. The number of nitrogens with zero attached hydrogens (tertiary/aromatic N) is 2. The smallest absolute Gasteiger partial charge is 0.126 e. The topological polar surface area (TPSA) is 35.9 Å². The molecule has 2 bridgehead atoms. The average Bonchev–Trinajstić information content (AvgIpc) is 3.67. The van der Waals surface area contributed by atoms with E-state index in [2.05, 4.69) is 28.0 Å². The van der Waals surface area contributed by atoms with Gasteiger partial charge in [0.15, 0.2) is 0 Å². The van der Waals surface area contributed by atoms with Crippen molar-refractivity contribution in [3.8, 4) is 5.75 Å². The van der Waals surface area contributed by atoms with Crippen LogP contribution in [-0.2, 0) is 18.3 Å². The first kappa shape index (κ1) is 22.5. The number of ether oxygens (including phenoxy) is 1. The largest absolute Gasteiger partial charge is 0.497 e. The van der Waals surface area contributed by atoms with Crippen LogP contribution in [0.5, 0.6) is 5.75 Å². The predicted molar refractivity (Wildman–Crippen MR) is 132 cm³/mol. The highest BCUT2D eigenvalue weighted by atomic mass is 19.1. The summed E-state index contributed by atoms with van der Waals surface area (Å²) in [5.41, 5.74) is 2.49. The number of halogens is 1. The fourth-order valence-electron chi connectivity index (χ4n) is 7.23. The molecule has 2 aromatic carbocycles. The lowest BCUT2D eigenvalue weighted by atomic mass is 9.52. The number of hydrogen-bond acceptors (Lipinski definition) is 4. The number of fused-ring (bicyclic) bond motifs is 1. The Hall–Kier alpha value is -1.95. The first-order valence-electron chi connectivity index (χ1n) is 13.1. The molecule has 2 saturated heterocycles. The van der Waals surface area contributed by atoms with E-state index in [1.54, 1.807) is 19.2 Å². The molecule has 1 saturated carbocycles. The molecule has 6 rings (SSSR count). The van der Waals surface area contributed by atoms with Crippen LogP contribution in [0.3, 0.4) is 0 Å². The molecule has 2 heterocycles. The Labute approximate surface area is 202 Å². The van der Waals surface area contributed by atoms with E-state index < -0.39 is 5.60 Å². The molecule has 2 aromatic rings. The van der Waals surface area contributed by atoms with Crippen molar-refractivity contribution in [1.29, 1.82) is 0 Å². The Bertz CT molecular complexity index is 1060. The molecule has 5 heteroatoms. The van der Waals surface area contributed by atoms with Crippen molar-refractivity contribution in [1.82, 2.24) is 9.80 Å². The highest BCUT2D eigenvalue weighted by molar-refractivity contribution is 5.48. The fourth-order valence-corrected chi connectivity index (χ4v) is 7.23. The fraction of sp³-hybridized carbons (Fsp3) is 0.586. The van der Waals surface area contributed by atoms with Crippen LogP contribution in [0.25, 0.3) is 0 Å². The molecule has 3 unspecified atom stereocenters. The van der Waals surface area contributed by atoms with Crippen molar-refractivity contribution < 1.29 is 14.2 Å². The first-order chi connectivity index (χ1) is 16.5. The quantitative estimate of drug-likeness (QED) is 0.696. The van der Waals surface area contributed by atoms with Gasteiger partial charge >= 0.3 is 0 Å². The molecular formula is C29H37FN2O2. The summed E-state index contributed by atoms with van der Waals surface area (Å²) < 4.78 is 19.8. The Kier molecular flexibility index (Phi) is 5.70. The summed E-state index contributed by atoms with van der Waals surface area (Å²) in [6, 6.07) is 13.8. The van der Waals surface area contributed by atoms with Gasteiger partial charge in [0.25, 0.3) is 0 Å². The van der Waals surface area contributed by atoms with Crippen LogP contribution in [0.4, 0.5) is 4.39 Å². The molecule has 0 radical (unpaired) electrons. The van der Waals surface area contributed by atoms with Crippen molar-refractivity contribution in [2.45, 2.75) is 62.0 Å². The van der Waals surface area contributed by atoms with Crippen molar-refractivity contribution in [2.75, 3.05) is 39.8 Å². The SMILES string of the molecule is COc1ccc2c(c1)C13CCN(CCc4ccccc4F)CCC1(O)C(C2)N(CC1CC1)CC3. The Balaban J connectivity index is 1.31. The highest BCUT2D eigenvalue weighted by Gasteiger charge is 2.63. The monoisotopic (exact) mass is 464 g/mol. The van der Waals surface area contributed by atoms with Gasteiger partial charge in [-0.25, -0.2) is 4.39 Å². The summed E-state index contributed by atoms with van der Waals surface area (Å²) in [7, 11) is 1.73. The van der Waals surface area contributed by atoms with Gasteiger partial charge in [0.2, 0.25) is 0 Å². The Morgan fingerprint density at radius 3 is 2.65 bits per heavy atom. The second kappa shape index (κ2) is 8.61. The van der Waals surface area contributed by atoms with Gasteiger partial charge < -0.3 is 14.7 Å². The van der Waals surface area contributed by atoms with Gasteiger partial charge in [0.05, 0.1) is 12.7 Å². The van der Waals surface area contributed by atoms with E-state index in [1.165, 1.54) is 24.0 Å². The third kappa shape index (κ3) is 3.68. The van der Waals surface area contributed by atoms with E-state index in [9.17, 15) is 9.50 Å². The summed E-state index contributed by atoms with van der Waals surface area (Å²) in [6.07, 6.45) is 7.00. The second-order valence-electron chi connectivity index (χ2n) is 11.1. The third-order valence-corrected chi connectivity index (χ3v) is 9.40. The zero-order valence-corrected chi connectivity index (χ0v) is 20.3. The zero-order chi connectivity index (χ0) is 23.3. The van der Waals surface area contributed by atoms with E-state index in [0.717, 1.165) is 75.6 Å². The number of likely N-dealkylation sites (tertiary alicyclic amines) is 2. The van der Waals surface area contributed by atoms with E-state index in [4.69, 9.17) is 4.74 Å². The lowest BCUT2D eigenvalue weighted by Gasteiger charge is -2.61. The van der Waals surface area contributed by atoms with Crippen LogP contribution in [0.1, 0.15) is 48.8 Å². The molecule has 3 fully saturated rings. The maximum atomic E-state index is 14.2. The number of aliphatic hydroxyl groups is 1. The number of benzene rings is 2. The lowest BCUT2D eigenvalue weighted by molar-refractivity contribution is -0.149. The molecular weight excluding hydrogens is 427 g/mol. The minimum Gasteiger partial charge on any atom is -0.497 e. The second-order valence-corrected chi connectivity index (χ2v) is 11.1. The Morgan fingerprint density at radius 2 is 1.85 bits per heavy atom. The van der Waals surface area contributed by atoms with Crippen molar-refractivity contribution in [3.63, 3.8) is 0 Å². The van der Waals surface area contributed by atoms with Crippen LogP contribution >= 0.6 is 0 Å².